The molecule has 0 N–H and O–H groups in total. The van der Waals surface area contributed by atoms with Crippen LogP contribution in [0, 0.1) is 0 Å². The second-order valence-electron chi connectivity index (χ2n) is 10.6. The fourth-order valence-corrected chi connectivity index (χ4v) is 6.97. The summed E-state index contributed by atoms with van der Waals surface area (Å²) in [6.45, 7) is 11.2. The van der Waals surface area contributed by atoms with Crippen LogP contribution < -0.4 is 4.90 Å². The minimum absolute atomic E-state index is 0.798. The molecule has 3 fully saturated rings. The van der Waals surface area contributed by atoms with Crippen molar-refractivity contribution in [3.63, 3.8) is 0 Å². The van der Waals surface area contributed by atoms with Crippen LogP contribution in [0.5, 0.6) is 0 Å². The summed E-state index contributed by atoms with van der Waals surface area (Å²) in [4.78, 5) is 10.3. The first-order valence-electron chi connectivity index (χ1n) is 13.8. The van der Waals surface area contributed by atoms with Crippen LogP contribution in [0.4, 0.5) is 5.13 Å². The molecule has 0 saturated carbocycles. The largest absolute Gasteiger partial charge is 0.344 e. The van der Waals surface area contributed by atoms with Crippen molar-refractivity contribution in [1.82, 2.24) is 29.5 Å². The summed E-state index contributed by atoms with van der Waals surface area (Å²) < 4.78 is 2.25. The molecule has 3 aliphatic rings. The third-order valence-electron chi connectivity index (χ3n) is 8.18. The molecule has 0 spiro atoms. The molecule has 3 aromatic rings. The lowest BCUT2D eigenvalue weighted by Crippen LogP contribution is -2.46. The van der Waals surface area contributed by atoms with Gasteiger partial charge in [0.25, 0.3) is 0 Å². The third kappa shape index (κ3) is 5.67. The second kappa shape index (κ2) is 11.4. The van der Waals surface area contributed by atoms with Crippen LogP contribution in [0.2, 0.25) is 0 Å². The first-order valence-corrected chi connectivity index (χ1v) is 14.6. The molecule has 0 bridgehead atoms. The first-order chi connectivity index (χ1) is 17.8. The van der Waals surface area contributed by atoms with Gasteiger partial charge in [-0.3, -0.25) is 14.4 Å². The summed E-state index contributed by atoms with van der Waals surface area (Å²) in [7, 11) is 0. The second-order valence-corrected chi connectivity index (χ2v) is 11.5. The molecule has 1 aromatic carbocycles. The molecule has 0 atom stereocenters. The van der Waals surface area contributed by atoms with Crippen LogP contribution >= 0.6 is 11.3 Å². The topological polar surface area (TPSA) is 43.7 Å². The lowest BCUT2D eigenvalue weighted by molar-refractivity contribution is 0.0889. The number of benzene rings is 1. The van der Waals surface area contributed by atoms with Gasteiger partial charge >= 0.3 is 0 Å². The molecule has 192 valence electrons. The van der Waals surface area contributed by atoms with Crippen LogP contribution in [0.1, 0.15) is 43.4 Å². The Balaban J connectivity index is 1.02. The van der Waals surface area contributed by atoms with Crippen molar-refractivity contribution in [3.05, 3.63) is 59.9 Å². The summed E-state index contributed by atoms with van der Waals surface area (Å²) in [5.74, 6) is 0. The molecule has 2 aromatic heterocycles. The summed E-state index contributed by atoms with van der Waals surface area (Å²) in [5.41, 5.74) is 2.71. The van der Waals surface area contributed by atoms with Gasteiger partial charge in [0.2, 0.25) is 10.3 Å². The molecular weight excluding hydrogens is 466 g/mol. The van der Waals surface area contributed by atoms with Crippen LogP contribution in [0.15, 0.2) is 48.7 Å². The summed E-state index contributed by atoms with van der Waals surface area (Å²) in [6.07, 6.45) is 8.96. The van der Waals surface area contributed by atoms with E-state index < -0.39 is 0 Å². The molecular formula is C28H39N7S. The molecule has 5 heterocycles. The van der Waals surface area contributed by atoms with Crippen LogP contribution in [-0.4, -0.2) is 87.9 Å². The molecule has 8 heteroatoms. The van der Waals surface area contributed by atoms with Gasteiger partial charge in [0.1, 0.15) is 0 Å². The van der Waals surface area contributed by atoms with E-state index in [-0.39, 0.29) is 0 Å². The van der Waals surface area contributed by atoms with Gasteiger partial charge in [-0.1, -0.05) is 48.1 Å². The Morgan fingerprint density at radius 3 is 2.19 bits per heavy atom. The van der Waals surface area contributed by atoms with E-state index >= 15 is 0 Å². The van der Waals surface area contributed by atoms with E-state index in [4.69, 9.17) is 0 Å². The highest BCUT2D eigenvalue weighted by Crippen LogP contribution is 2.27. The predicted octanol–water partition coefficient (Wildman–Crippen LogP) is 4.10. The van der Waals surface area contributed by atoms with Gasteiger partial charge in [-0.2, -0.15) is 0 Å². The number of hydrogen-bond donors (Lipinski definition) is 0. The average molecular weight is 506 g/mol. The van der Waals surface area contributed by atoms with Gasteiger partial charge in [-0.05, 0) is 56.5 Å². The Hall–Kier alpha value is -2.26. The standard InChI is InChI=1S/C28H39N7S/c1-3-8-24(9-4-1)22-32-18-20-34(21-19-32)27-29-30-28(36-27)35-15-7-10-26(35)23-31-16-11-25(12-17-31)33-13-5-2-6-14-33/h1,3-4,7-10,15,25H,2,5-6,11-14,16-23H2. The number of piperidine rings is 2. The Morgan fingerprint density at radius 1 is 0.694 bits per heavy atom. The number of anilines is 1. The van der Waals surface area contributed by atoms with Gasteiger partial charge < -0.3 is 9.80 Å². The van der Waals surface area contributed by atoms with E-state index in [1.165, 1.54) is 69.5 Å². The molecule has 36 heavy (non-hydrogen) atoms. The predicted molar refractivity (Wildman–Crippen MR) is 147 cm³/mol. The van der Waals surface area contributed by atoms with Crippen molar-refractivity contribution in [1.29, 1.82) is 0 Å². The minimum atomic E-state index is 0.798. The maximum atomic E-state index is 4.60. The molecule has 0 radical (unpaired) electrons. The SMILES string of the molecule is c1ccc(CN2CCN(c3nnc(-n4cccc4CN4CCC(N5CCCCC5)CC4)s3)CC2)cc1. The zero-order valence-corrected chi connectivity index (χ0v) is 22.2. The average Bonchev–Trinajstić information content (AvgIpc) is 3.61. The zero-order valence-electron chi connectivity index (χ0n) is 21.3. The van der Waals surface area contributed by atoms with Crippen LogP contribution in [-0.2, 0) is 13.1 Å². The Kier molecular flexibility index (Phi) is 7.65. The van der Waals surface area contributed by atoms with E-state index in [1.807, 2.05) is 0 Å². The van der Waals surface area contributed by atoms with Gasteiger partial charge in [0.05, 0.1) is 0 Å². The Labute approximate surface area is 219 Å². The quantitative estimate of drug-likeness (QED) is 0.482. The summed E-state index contributed by atoms with van der Waals surface area (Å²) in [5, 5.41) is 11.2. The van der Waals surface area contributed by atoms with E-state index in [9.17, 15) is 0 Å². The van der Waals surface area contributed by atoms with Crippen molar-refractivity contribution in [3.8, 4) is 5.13 Å². The van der Waals surface area contributed by atoms with Gasteiger partial charge in [-0.25, -0.2) is 0 Å². The number of nitrogens with zero attached hydrogens (tertiary/aromatic N) is 7. The molecule has 0 unspecified atom stereocenters. The number of hydrogen-bond acceptors (Lipinski definition) is 7. The number of rotatable bonds is 7. The van der Waals surface area contributed by atoms with Crippen molar-refractivity contribution in [2.45, 2.75) is 51.2 Å². The number of likely N-dealkylation sites (tertiary alicyclic amines) is 2. The Bertz CT molecular complexity index is 1070. The van der Waals surface area contributed by atoms with E-state index in [0.717, 1.165) is 55.6 Å². The van der Waals surface area contributed by atoms with Crippen LogP contribution in [0.25, 0.3) is 5.13 Å². The van der Waals surface area contributed by atoms with E-state index in [2.05, 4.69) is 83.0 Å². The Morgan fingerprint density at radius 2 is 1.42 bits per heavy atom. The van der Waals surface area contributed by atoms with Crippen molar-refractivity contribution >= 4 is 16.5 Å². The lowest BCUT2D eigenvalue weighted by atomic mass is 10.00. The van der Waals surface area contributed by atoms with Gasteiger partial charge in [-0.15, -0.1) is 10.2 Å². The number of piperazine rings is 1. The summed E-state index contributed by atoms with van der Waals surface area (Å²) in [6, 6.07) is 16.0. The van der Waals surface area contributed by atoms with Crippen molar-refractivity contribution < 1.29 is 0 Å². The molecule has 6 rings (SSSR count). The highest BCUT2D eigenvalue weighted by atomic mass is 32.1. The monoisotopic (exact) mass is 505 g/mol. The minimum Gasteiger partial charge on any atom is -0.344 e. The normalized spacial score (nSPS) is 21.3. The first kappa shape index (κ1) is 24.1. The maximum Gasteiger partial charge on any atom is 0.218 e. The maximum absolute atomic E-state index is 4.60. The fourth-order valence-electron chi connectivity index (χ4n) is 6.06. The highest BCUT2D eigenvalue weighted by Gasteiger charge is 2.26. The zero-order chi connectivity index (χ0) is 24.2. The van der Waals surface area contributed by atoms with Crippen LogP contribution in [0.3, 0.4) is 0 Å². The molecule has 7 nitrogen and oxygen atoms in total. The van der Waals surface area contributed by atoms with Crippen molar-refractivity contribution in [2.75, 3.05) is 57.3 Å². The molecule has 0 aliphatic carbocycles. The van der Waals surface area contributed by atoms with Gasteiger partial charge in [0, 0.05) is 70.3 Å². The summed E-state index contributed by atoms with van der Waals surface area (Å²) >= 11 is 1.72. The van der Waals surface area contributed by atoms with E-state index in [1.54, 1.807) is 11.3 Å². The molecule has 0 amide bonds. The molecule has 3 saturated heterocycles. The van der Waals surface area contributed by atoms with Crippen molar-refractivity contribution in [2.24, 2.45) is 0 Å². The fraction of sp³-hybridized carbons (Fsp3) is 0.571. The van der Waals surface area contributed by atoms with E-state index in [0.29, 0.717) is 0 Å². The number of aromatic nitrogens is 3. The third-order valence-corrected chi connectivity index (χ3v) is 9.17. The molecule has 3 aliphatic heterocycles. The smallest absolute Gasteiger partial charge is 0.218 e. The van der Waals surface area contributed by atoms with Gasteiger partial charge in [0.15, 0.2) is 0 Å². The lowest BCUT2D eigenvalue weighted by Gasteiger charge is -2.40. The highest BCUT2D eigenvalue weighted by molar-refractivity contribution is 7.17.